The van der Waals surface area contributed by atoms with Gasteiger partial charge in [-0.15, -0.1) is 0 Å². The second-order valence-electron chi connectivity index (χ2n) is 8.77. The van der Waals surface area contributed by atoms with Gasteiger partial charge in [-0.3, -0.25) is 14.4 Å². The highest BCUT2D eigenvalue weighted by Crippen LogP contribution is 2.18. The van der Waals surface area contributed by atoms with Gasteiger partial charge in [-0.1, -0.05) is 19.3 Å². The van der Waals surface area contributed by atoms with Crippen molar-refractivity contribution >= 4 is 29.1 Å². The Hall–Kier alpha value is -3.39. The van der Waals surface area contributed by atoms with Crippen LogP contribution in [0.3, 0.4) is 0 Å². The Balaban J connectivity index is 1.22. The number of nitrogens with zero attached hydrogens (tertiary/aromatic N) is 1. The van der Waals surface area contributed by atoms with Crippen molar-refractivity contribution in [3.63, 3.8) is 0 Å². The zero-order valence-electron chi connectivity index (χ0n) is 19.3. The molecule has 2 aliphatic rings. The van der Waals surface area contributed by atoms with Gasteiger partial charge >= 0.3 is 0 Å². The lowest BCUT2D eigenvalue weighted by atomic mass is 9.95. The molecule has 1 saturated carbocycles. The Morgan fingerprint density at radius 2 is 1.44 bits per heavy atom. The molecular weight excluding hydrogens is 432 g/mol. The quantitative estimate of drug-likeness (QED) is 0.584. The zero-order chi connectivity index (χ0) is 23.8. The topological polar surface area (TPSA) is 99.8 Å². The highest BCUT2D eigenvalue weighted by Gasteiger charge is 2.18. The van der Waals surface area contributed by atoms with Crippen molar-refractivity contribution in [2.45, 2.75) is 38.1 Å². The predicted molar refractivity (Wildman–Crippen MR) is 131 cm³/mol. The Bertz CT molecular complexity index is 979. The fourth-order valence-corrected chi connectivity index (χ4v) is 4.29. The molecule has 3 amide bonds. The normalized spacial score (nSPS) is 16.5. The lowest BCUT2D eigenvalue weighted by molar-refractivity contribution is -0.114. The Labute approximate surface area is 200 Å². The van der Waals surface area contributed by atoms with Crippen LogP contribution >= 0.6 is 0 Å². The molecule has 0 aromatic heterocycles. The first-order valence-corrected chi connectivity index (χ1v) is 12.0. The summed E-state index contributed by atoms with van der Waals surface area (Å²) in [7, 11) is 0. The number of morpholine rings is 1. The van der Waals surface area contributed by atoms with Crippen molar-refractivity contribution in [2.24, 2.45) is 0 Å². The van der Waals surface area contributed by atoms with Crippen LogP contribution in [0.25, 0.3) is 0 Å². The SMILES string of the molecule is O=C(CNc1ccc(C(=O)N2CCOCC2)cc1)Nc1ccc(C(=O)NC2CCCCC2)cc1. The minimum Gasteiger partial charge on any atom is -0.378 e. The van der Waals surface area contributed by atoms with Gasteiger partial charge in [0.1, 0.15) is 0 Å². The smallest absolute Gasteiger partial charge is 0.254 e. The van der Waals surface area contributed by atoms with Gasteiger partial charge in [0, 0.05) is 41.6 Å². The number of anilines is 2. The Morgan fingerprint density at radius 1 is 0.824 bits per heavy atom. The van der Waals surface area contributed by atoms with Crippen molar-refractivity contribution in [3.05, 3.63) is 59.7 Å². The molecule has 3 N–H and O–H groups in total. The van der Waals surface area contributed by atoms with Crippen LogP contribution in [0.5, 0.6) is 0 Å². The lowest BCUT2D eigenvalue weighted by Crippen LogP contribution is -2.40. The molecule has 180 valence electrons. The molecule has 1 heterocycles. The molecule has 0 spiro atoms. The van der Waals surface area contributed by atoms with Gasteiger partial charge in [0.25, 0.3) is 11.8 Å². The van der Waals surface area contributed by atoms with E-state index in [1.807, 2.05) is 0 Å². The van der Waals surface area contributed by atoms with Crippen LogP contribution in [0.1, 0.15) is 52.8 Å². The standard InChI is InChI=1S/C26H32N4O4/c31-24(18-27-21-10-8-20(9-11-21)26(33)30-14-16-34-17-15-30)28-23-12-6-19(7-13-23)25(32)29-22-4-2-1-3-5-22/h6-13,22,27H,1-5,14-18H2,(H,28,31)(H,29,32). The number of carbonyl (C=O) groups is 3. The van der Waals surface area contributed by atoms with Gasteiger partial charge < -0.3 is 25.6 Å². The predicted octanol–water partition coefficient (Wildman–Crippen LogP) is 3.27. The molecule has 0 atom stereocenters. The van der Waals surface area contributed by atoms with E-state index in [-0.39, 0.29) is 30.3 Å². The van der Waals surface area contributed by atoms with Crippen LogP contribution in [-0.2, 0) is 9.53 Å². The van der Waals surface area contributed by atoms with Crippen LogP contribution in [0, 0.1) is 0 Å². The molecule has 2 fully saturated rings. The van der Waals surface area contributed by atoms with Crippen molar-refractivity contribution in [3.8, 4) is 0 Å². The van der Waals surface area contributed by atoms with Crippen molar-refractivity contribution in [1.82, 2.24) is 10.2 Å². The van der Waals surface area contributed by atoms with E-state index < -0.39 is 0 Å². The van der Waals surface area contributed by atoms with Crippen molar-refractivity contribution in [1.29, 1.82) is 0 Å². The summed E-state index contributed by atoms with van der Waals surface area (Å²) in [6, 6.07) is 14.3. The summed E-state index contributed by atoms with van der Waals surface area (Å²) in [6.07, 6.45) is 5.66. The lowest BCUT2D eigenvalue weighted by Gasteiger charge is -2.26. The summed E-state index contributed by atoms with van der Waals surface area (Å²) in [5.41, 5.74) is 2.59. The first kappa shape index (κ1) is 23.8. The summed E-state index contributed by atoms with van der Waals surface area (Å²) in [6.45, 7) is 2.42. The molecule has 1 aliphatic heterocycles. The minimum absolute atomic E-state index is 0.0107. The summed E-state index contributed by atoms with van der Waals surface area (Å²) in [5.74, 6) is -0.279. The third kappa shape index (κ3) is 6.57. The third-order valence-corrected chi connectivity index (χ3v) is 6.25. The van der Waals surface area contributed by atoms with Gasteiger partial charge in [-0.25, -0.2) is 0 Å². The highest BCUT2D eigenvalue weighted by atomic mass is 16.5. The summed E-state index contributed by atoms with van der Waals surface area (Å²) < 4.78 is 5.29. The van der Waals surface area contributed by atoms with Crippen LogP contribution in [-0.4, -0.2) is 61.5 Å². The third-order valence-electron chi connectivity index (χ3n) is 6.25. The van der Waals surface area contributed by atoms with E-state index in [9.17, 15) is 14.4 Å². The molecule has 4 rings (SSSR count). The second-order valence-corrected chi connectivity index (χ2v) is 8.77. The van der Waals surface area contributed by atoms with Gasteiger partial charge in [0.2, 0.25) is 5.91 Å². The maximum absolute atomic E-state index is 12.5. The number of hydrogen-bond acceptors (Lipinski definition) is 5. The molecule has 8 heteroatoms. The van der Waals surface area contributed by atoms with E-state index >= 15 is 0 Å². The molecule has 2 aromatic rings. The molecule has 1 saturated heterocycles. The largest absolute Gasteiger partial charge is 0.378 e. The minimum atomic E-state index is -0.201. The summed E-state index contributed by atoms with van der Waals surface area (Å²) in [4.78, 5) is 39.0. The number of benzene rings is 2. The maximum atomic E-state index is 12.5. The van der Waals surface area contributed by atoms with Gasteiger partial charge in [-0.05, 0) is 61.4 Å². The number of hydrogen-bond donors (Lipinski definition) is 3. The Morgan fingerprint density at radius 3 is 2.12 bits per heavy atom. The van der Waals surface area contributed by atoms with Crippen LogP contribution in [0.4, 0.5) is 11.4 Å². The fraction of sp³-hybridized carbons (Fsp3) is 0.423. The first-order chi connectivity index (χ1) is 16.6. The maximum Gasteiger partial charge on any atom is 0.254 e. The number of carbonyl (C=O) groups excluding carboxylic acids is 3. The van der Waals surface area contributed by atoms with Gasteiger partial charge in [-0.2, -0.15) is 0 Å². The molecule has 34 heavy (non-hydrogen) atoms. The second kappa shape index (κ2) is 11.7. The zero-order valence-corrected chi connectivity index (χ0v) is 19.3. The fourth-order valence-electron chi connectivity index (χ4n) is 4.29. The average molecular weight is 465 g/mol. The highest BCUT2D eigenvalue weighted by molar-refractivity contribution is 5.97. The molecule has 0 unspecified atom stereocenters. The number of rotatable bonds is 7. The van der Waals surface area contributed by atoms with Gasteiger partial charge in [0.15, 0.2) is 0 Å². The van der Waals surface area contributed by atoms with Crippen LogP contribution in [0.15, 0.2) is 48.5 Å². The molecule has 2 aromatic carbocycles. The van der Waals surface area contributed by atoms with E-state index in [4.69, 9.17) is 4.74 Å². The first-order valence-electron chi connectivity index (χ1n) is 12.0. The van der Waals surface area contributed by atoms with Crippen LogP contribution in [0.2, 0.25) is 0 Å². The molecule has 0 radical (unpaired) electrons. The van der Waals surface area contributed by atoms with E-state index in [1.165, 1.54) is 19.3 Å². The van der Waals surface area contributed by atoms with E-state index in [1.54, 1.807) is 53.4 Å². The van der Waals surface area contributed by atoms with E-state index in [0.717, 1.165) is 18.5 Å². The molecule has 1 aliphatic carbocycles. The van der Waals surface area contributed by atoms with Crippen molar-refractivity contribution < 1.29 is 19.1 Å². The van der Waals surface area contributed by atoms with Crippen molar-refractivity contribution in [2.75, 3.05) is 43.5 Å². The number of amides is 3. The monoisotopic (exact) mass is 464 g/mol. The van der Waals surface area contributed by atoms with E-state index in [0.29, 0.717) is 43.1 Å². The number of ether oxygens (including phenoxy) is 1. The molecule has 8 nitrogen and oxygen atoms in total. The Kier molecular flexibility index (Phi) is 8.14. The molecule has 0 bridgehead atoms. The van der Waals surface area contributed by atoms with Crippen LogP contribution < -0.4 is 16.0 Å². The summed E-state index contributed by atoms with van der Waals surface area (Å²) >= 11 is 0. The average Bonchev–Trinajstić information content (AvgIpc) is 2.89. The van der Waals surface area contributed by atoms with Gasteiger partial charge in [0.05, 0.1) is 19.8 Å². The summed E-state index contributed by atoms with van der Waals surface area (Å²) in [5, 5.41) is 8.99. The molecular formula is C26H32N4O4. The van der Waals surface area contributed by atoms with E-state index in [2.05, 4.69) is 16.0 Å². The number of nitrogens with one attached hydrogen (secondary N) is 3.